The van der Waals surface area contributed by atoms with E-state index in [0.717, 1.165) is 71.0 Å². The predicted octanol–water partition coefficient (Wildman–Crippen LogP) is 21.1. The molecule has 0 heteroatoms. The van der Waals surface area contributed by atoms with Gasteiger partial charge in [-0.15, -0.1) is 0 Å². The minimum Gasteiger partial charge on any atom is -0.0628 e. The Kier molecular flexibility index (Phi) is 31.0. The molecule has 0 amide bonds. The fraction of sp³-hybridized carbons (Fsp3) is 1.00. The lowest BCUT2D eigenvalue weighted by Gasteiger charge is -2.41. The van der Waals surface area contributed by atoms with E-state index in [0.29, 0.717) is 16.2 Å². The maximum Gasteiger partial charge on any atom is -0.0303 e. The quantitative estimate of drug-likeness (QED) is 0.217. The van der Waals surface area contributed by atoms with Crippen LogP contribution in [0.3, 0.4) is 0 Å². The SMILES string of the molecule is CC(C)C1(C)CCCCC1.CC(C)C1CCCCC1.CC(C)C1CCCCC1C.CC(C)CC(C)(C)C1CCC1.CC(C)CCC(C)(C)C.CC1CCC(C(C)C)CC1. The summed E-state index contributed by atoms with van der Waals surface area (Å²) < 4.78 is 0. The molecular weight excluding hydrogens is 709 g/mol. The van der Waals surface area contributed by atoms with Crippen LogP contribution >= 0.6 is 0 Å². The van der Waals surface area contributed by atoms with Crippen molar-refractivity contribution in [2.75, 3.05) is 0 Å². The lowest BCUT2D eigenvalue weighted by Crippen LogP contribution is -2.30. The molecule has 0 N–H and O–H groups in total. The molecule has 5 saturated carbocycles. The Hall–Kier alpha value is 0. The number of rotatable bonds is 9. The molecule has 0 saturated heterocycles. The largest absolute Gasteiger partial charge is 0.0628 e. The molecule has 5 fully saturated rings. The smallest absolute Gasteiger partial charge is 0.0303 e. The maximum atomic E-state index is 2.46. The van der Waals surface area contributed by atoms with Crippen molar-refractivity contribution in [3.8, 4) is 0 Å². The van der Waals surface area contributed by atoms with Gasteiger partial charge in [-0.1, -0.05) is 235 Å². The average molecular weight is 830 g/mol. The molecule has 0 nitrogen and oxygen atoms in total. The van der Waals surface area contributed by atoms with E-state index in [4.69, 9.17) is 0 Å². The zero-order chi connectivity index (χ0) is 45.4. The minimum atomic E-state index is 0.532. The van der Waals surface area contributed by atoms with Gasteiger partial charge in [0.05, 0.1) is 0 Å². The molecule has 2 atom stereocenters. The molecule has 5 aliphatic rings. The van der Waals surface area contributed by atoms with Crippen LogP contribution in [0, 0.1) is 87.3 Å². The lowest BCUT2D eigenvalue weighted by atomic mass is 9.64. The van der Waals surface area contributed by atoms with E-state index in [-0.39, 0.29) is 0 Å². The highest BCUT2D eigenvalue weighted by molar-refractivity contribution is 4.85. The first-order chi connectivity index (χ1) is 27.3. The van der Waals surface area contributed by atoms with Crippen LogP contribution in [-0.2, 0) is 0 Å². The van der Waals surface area contributed by atoms with Crippen molar-refractivity contribution in [2.45, 2.75) is 293 Å². The third-order valence-corrected chi connectivity index (χ3v) is 16.6. The van der Waals surface area contributed by atoms with Crippen molar-refractivity contribution in [1.29, 1.82) is 0 Å². The Labute approximate surface area is 378 Å². The minimum absolute atomic E-state index is 0.532. The molecule has 5 rings (SSSR count). The molecule has 0 heterocycles. The van der Waals surface area contributed by atoms with Crippen molar-refractivity contribution in [3.05, 3.63) is 0 Å². The Bertz CT molecular complexity index is 929. The maximum absolute atomic E-state index is 2.46. The standard InChI is InChI=1S/C11H22.3C10H20.C9H18.C9H20/c1-9(2)8-11(3,4)10-6-5-7-10;1-8(2)10-6-4-9(3)5-7-10;1-9(2)10(3)7-5-4-6-8-10;1-8(2)10-7-5-4-6-9(10)3;1-8(2)9-6-4-3-5-7-9;1-8(2)6-7-9(3,4)5/h9-10H,5-8H2,1-4H3;8-10H,4-7H2,1-3H3;9H,4-8H2,1-3H3;8-10H,4-7H2,1-3H3;8-9H,3-7H2,1-2H3;8H,6-7H2,1-5H3. The molecule has 5 aliphatic carbocycles. The second-order valence-electron chi connectivity index (χ2n) is 26.2. The van der Waals surface area contributed by atoms with Crippen molar-refractivity contribution in [3.63, 3.8) is 0 Å². The second kappa shape index (κ2) is 31.0. The van der Waals surface area contributed by atoms with Crippen LogP contribution < -0.4 is 0 Å². The van der Waals surface area contributed by atoms with Crippen molar-refractivity contribution in [2.24, 2.45) is 87.3 Å². The fourth-order valence-corrected chi connectivity index (χ4v) is 11.2. The fourth-order valence-electron chi connectivity index (χ4n) is 11.2. The number of hydrogen-bond donors (Lipinski definition) is 0. The van der Waals surface area contributed by atoms with Gasteiger partial charge in [0.2, 0.25) is 0 Å². The summed E-state index contributed by atoms with van der Waals surface area (Å²) in [7, 11) is 0. The molecule has 356 valence electrons. The first-order valence-corrected chi connectivity index (χ1v) is 27.3. The molecule has 0 aromatic heterocycles. The van der Waals surface area contributed by atoms with Gasteiger partial charge in [0, 0.05) is 0 Å². The van der Waals surface area contributed by atoms with Gasteiger partial charge in [-0.2, -0.15) is 0 Å². The molecule has 59 heavy (non-hydrogen) atoms. The van der Waals surface area contributed by atoms with Crippen LogP contribution in [0.15, 0.2) is 0 Å². The van der Waals surface area contributed by atoms with E-state index in [1.54, 1.807) is 0 Å². The highest BCUT2D eigenvalue weighted by Crippen LogP contribution is 2.45. The summed E-state index contributed by atoms with van der Waals surface area (Å²) in [5, 5.41) is 0. The lowest BCUT2D eigenvalue weighted by molar-refractivity contribution is 0.0964. The topological polar surface area (TPSA) is 0 Å². The third-order valence-electron chi connectivity index (χ3n) is 16.6. The van der Waals surface area contributed by atoms with Crippen LogP contribution in [0.25, 0.3) is 0 Å². The second-order valence-corrected chi connectivity index (χ2v) is 26.2. The summed E-state index contributed by atoms with van der Waals surface area (Å²) in [5.41, 5.74) is 1.83. The van der Waals surface area contributed by atoms with Crippen molar-refractivity contribution in [1.82, 2.24) is 0 Å². The summed E-state index contributed by atoms with van der Waals surface area (Å²) in [4.78, 5) is 0. The molecule has 2 unspecified atom stereocenters. The molecule has 0 aromatic rings. The molecular formula is C59H120. The number of hydrogen-bond acceptors (Lipinski definition) is 0. The van der Waals surface area contributed by atoms with Crippen molar-refractivity contribution < 1.29 is 0 Å². The first-order valence-electron chi connectivity index (χ1n) is 27.3. The normalized spacial score (nSPS) is 25.3. The van der Waals surface area contributed by atoms with E-state index in [1.807, 2.05) is 0 Å². The summed E-state index contributed by atoms with van der Waals surface area (Å²) >= 11 is 0. The summed E-state index contributed by atoms with van der Waals surface area (Å²) in [6, 6.07) is 0. The van der Waals surface area contributed by atoms with Gasteiger partial charge in [-0.05, 0) is 145 Å². The Balaban J connectivity index is 0.000000685. The van der Waals surface area contributed by atoms with Crippen LogP contribution in [0.4, 0.5) is 0 Å². The van der Waals surface area contributed by atoms with E-state index in [1.165, 1.54) is 154 Å². The van der Waals surface area contributed by atoms with Crippen LogP contribution in [0.2, 0.25) is 0 Å². The molecule has 0 aliphatic heterocycles. The molecule has 0 aromatic carbocycles. The van der Waals surface area contributed by atoms with Gasteiger partial charge in [0.1, 0.15) is 0 Å². The van der Waals surface area contributed by atoms with Crippen LogP contribution in [0.1, 0.15) is 293 Å². The summed E-state index contributed by atoms with van der Waals surface area (Å²) in [6.45, 7) is 47.2. The average Bonchev–Trinajstić information content (AvgIpc) is 3.11. The monoisotopic (exact) mass is 829 g/mol. The van der Waals surface area contributed by atoms with E-state index < -0.39 is 0 Å². The molecule has 0 radical (unpaired) electrons. The predicted molar refractivity (Wildman–Crippen MR) is 273 cm³/mol. The van der Waals surface area contributed by atoms with Gasteiger partial charge >= 0.3 is 0 Å². The molecule has 0 spiro atoms. The van der Waals surface area contributed by atoms with Crippen molar-refractivity contribution >= 4 is 0 Å². The van der Waals surface area contributed by atoms with Gasteiger partial charge in [0.25, 0.3) is 0 Å². The third kappa shape index (κ3) is 28.4. The summed E-state index contributed by atoms with van der Waals surface area (Å²) in [6.07, 6.45) is 35.2. The zero-order valence-corrected chi connectivity index (χ0v) is 45.4. The van der Waals surface area contributed by atoms with Crippen LogP contribution in [-0.4, -0.2) is 0 Å². The Morgan fingerprint density at radius 2 is 0.932 bits per heavy atom. The van der Waals surface area contributed by atoms with E-state index in [2.05, 4.69) is 138 Å². The Morgan fingerprint density at radius 3 is 1.24 bits per heavy atom. The van der Waals surface area contributed by atoms with E-state index >= 15 is 0 Å². The zero-order valence-electron chi connectivity index (χ0n) is 45.4. The molecule has 0 bridgehead atoms. The highest BCUT2D eigenvalue weighted by atomic mass is 14.4. The summed E-state index contributed by atoms with van der Waals surface area (Å²) in [5.74, 6) is 11.5. The van der Waals surface area contributed by atoms with E-state index in [9.17, 15) is 0 Å². The Morgan fingerprint density at radius 1 is 0.475 bits per heavy atom. The highest BCUT2D eigenvalue weighted by Gasteiger charge is 2.34. The van der Waals surface area contributed by atoms with Gasteiger partial charge in [-0.25, -0.2) is 0 Å². The van der Waals surface area contributed by atoms with Gasteiger partial charge < -0.3 is 0 Å². The van der Waals surface area contributed by atoms with Gasteiger partial charge in [-0.3, -0.25) is 0 Å². The van der Waals surface area contributed by atoms with Crippen LogP contribution in [0.5, 0.6) is 0 Å². The van der Waals surface area contributed by atoms with Gasteiger partial charge in [0.15, 0.2) is 0 Å². The first kappa shape index (κ1) is 59.0.